The van der Waals surface area contributed by atoms with E-state index in [1.165, 1.54) is 0 Å². The molecular weight excluding hydrogens is 292 g/mol. The van der Waals surface area contributed by atoms with E-state index < -0.39 is 0 Å². The summed E-state index contributed by atoms with van der Waals surface area (Å²) in [6.07, 6.45) is 3.44. The van der Waals surface area contributed by atoms with Crippen molar-refractivity contribution in [1.82, 2.24) is 14.8 Å². The lowest BCUT2D eigenvalue weighted by atomic mass is 10.1. The van der Waals surface area contributed by atoms with E-state index in [2.05, 4.69) is 15.4 Å². The molecule has 1 amide bonds. The summed E-state index contributed by atoms with van der Waals surface area (Å²) in [5, 5.41) is 7.01. The molecular formula is C17H18N4O2. The van der Waals surface area contributed by atoms with Gasteiger partial charge in [0.05, 0.1) is 11.8 Å². The number of nitrogens with one attached hydrogen (secondary N) is 1. The number of amides is 1. The predicted molar refractivity (Wildman–Crippen MR) is 87.3 cm³/mol. The third-order valence-electron chi connectivity index (χ3n) is 3.68. The minimum absolute atomic E-state index is 0.279. The molecule has 0 saturated heterocycles. The molecule has 0 saturated carbocycles. The Balaban J connectivity index is 1.90. The van der Waals surface area contributed by atoms with Crippen molar-refractivity contribution in [3.05, 3.63) is 53.2 Å². The van der Waals surface area contributed by atoms with E-state index in [1.54, 1.807) is 24.0 Å². The van der Waals surface area contributed by atoms with Crippen LogP contribution in [0.3, 0.4) is 0 Å². The predicted octanol–water partition coefficient (Wildman–Crippen LogP) is 3.25. The molecule has 0 atom stereocenters. The second kappa shape index (κ2) is 5.72. The maximum atomic E-state index is 12.5. The highest BCUT2D eigenvalue weighted by atomic mass is 16.4. The normalized spacial score (nSPS) is 10.8. The van der Waals surface area contributed by atoms with Gasteiger partial charge in [-0.05, 0) is 31.9 Å². The van der Waals surface area contributed by atoms with Crippen molar-refractivity contribution in [2.75, 3.05) is 5.32 Å². The molecule has 2 heterocycles. The Morgan fingerprint density at radius 2 is 1.91 bits per heavy atom. The Bertz CT molecular complexity index is 856. The first-order valence-electron chi connectivity index (χ1n) is 7.29. The molecule has 0 unspecified atom stereocenters. The monoisotopic (exact) mass is 310 g/mol. The summed E-state index contributed by atoms with van der Waals surface area (Å²) in [6.45, 7) is 5.64. The number of benzene rings is 1. The average Bonchev–Trinajstić information content (AvgIpc) is 3.09. The summed E-state index contributed by atoms with van der Waals surface area (Å²) in [5.41, 5.74) is 3.84. The van der Waals surface area contributed by atoms with Crippen LogP contribution in [0.25, 0.3) is 11.5 Å². The number of hydrogen-bond acceptors (Lipinski definition) is 4. The minimum Gasteiger partial charge on any atom is -0.440 e. The maximum absolute atomic E-state index is 12.5. The summed E-state index contributed by atoms with van der Waals surface area (Å²) >= 11 is 0. The number of rotatable bonds is 3. The standard InChI is InChI=1S/C17H18N4O2/c1-10-6-5-7-11(2)14(10)19-16(22)15-12(3)23-17(20-15)13-8-18-21(4)9-13/h5-9H,1-4H3,(H,19,22). The number of carbonyl (C=O) groups is 1. The Kier molecular flexibility index (Phi) is 3.73. The van der Waals surface area contributed by atoms with Crippen LogP contribution in [-0.4, -0.2) is 20.7 Å². The van der Waals surface area contributed by atoms with Crippen molar-refractivity contribution >= 4 is 11.6 Å². The van der Waals surface area contributed by atoms with Crippen molar-refractivity contribution < 1.29 is 9.21 Å². The van der Waals surface area contributed by atoms with Crippen LogP contribution in [-0.2, 0) is 7.05 Å². The average molecular weight is 310 g/mol. The maximum Gasteiger partial charge on any atom is 0.277 e. The summed E-state index contributed by atoms with van der Waals surface area (Å²) < 4.78 is 7.27. The molecule has 2 aromatic heterocycles. The second-order valence-corrected chi connectivity index (χ2v) is 5.55. The van der Waals surface area contributed by atoms with E-state index in [0.29, 0.717) is 11.7 Å². The lowest BCUT2D eigenvalue weighted by Crippen LogP contribution is -2.15. The molecule has 3 aromatic rings. The van der Waals surface area contributed by atoms with E-state index in [9.17, 15) is 4.79 Å². The molecule has 0 radical (unpaired) electrons. The van der Waals surface area contributed by atoms with Gasteiger partial charge in [-0.2, -0.15) is 5.10 Å². The van der Waals surface area contributed by atoms with Gasteiger partial charge in [0.25, 0.3) is 5.91 Å². The molecule has 118 valence electrons. The summed E-state index contributed by atoms with van der Waals surface area (Å²) in [4.78, 5) is 16.9. The quantitative estimate of drug-likeness (QED) is 0.806. The van der Waals surface area contributed by atoms with Gasteiger partial charge in [0.1, 0.15) is 5.76 Å². The number of nitrogens with zero attached hydrogens (tertiary/aromatic N) is 3. The number of carbonyl (C=O) groups excluding carboxylic acids is 1. The van der Waals surface area contributed by atoms with Crippen molar-refractivity contribution in [1.29, 1.82) is 0 Å². The summed E-state index contributed by atoms with van der Waals surface area (Å²) in [5.74, 6) is 0.591. The third kappa shape index (κ3) is 2.88. The van der Waals surface area contributed by atoms with Gasteiger partial charge in [-0.15, -0.1) is 0 Å². The largest absolute Gasteiger partial charge is 0.440 e. The fourth-order valence-electron chi connectivity index (χ4n) is 2.45. The number of aryl methyl sites for hydroxylation is 4. The van der Waals surface area contributed by atoms with Crippen LogP contribution in [0.2, 0.25) is 0 Å². The second-order valence-electron chi connectivity index (χ2n) is 5.55. The molecule has 1 N–H and O–H groups in total. The van der Waals surface area contributed by atoms with Crippen molar-refractivity contribution in [3.63, 3.8) is 0 Å². The Labute approximate surface area is 134 Å². The molecule has 23 heavy (non-hydrogen) atoms. The number of para-hydroxylation sites is 1. The first-order chi connectivity index (χ1) is 11.0. The number of oxazole rings is 1. The molecule has 0 bridgehead atoms. The molecule has 0 aliphatic carbocycles. The van der Waals surface area contributed by atoms with E-state index in [4.69, 9.17) is 4.42 Å². The lowest BCUT2D eigenvalue weighted by molar-refractivity contribution is 0.102. The zero-order valence-electron chi connectivity index (χ0n) is 13.5. The third-order valence-corrected chi connectivity index (χ3v) is 3.68. The number of aromatic nitrogens is 3. The van der Waals surface area contributed by atoms with Gasteiger partial charge in [-0.1, -0.05) is 18.2 Å². The van der Waals surface area contributed by atoms with Crippen LogP contribution in [0.4, 0.5) is 5.69 Å². The van der Waals surface area contributed by atoms with Gasteiger partial charge < -0.3 is 9.73 Å². The van der Waals surface area contributed by atoms with Crippen LogP contribution in [0.5, 0.6) is 0 Å². The SMILES string of the molecule is Cc1cccc(C)c1NC(=O)c1nc(-c2cnn(C)c2)oc1C. The Morgan fingerprint density at radius 1 is 1.22 bits per heavy atom. The van der Waals surface area contributed by atoms with E-state index in [-0.39, 0.29) is 11.6 Å². The molecule has 6 nitrogen and oxygen atoms in total. The van der Waals surface area contributed by atoms with Crippen LogP contribution >= 0.6 is 0 Å². The molecule has 0 aliphatic heterocycles. The van der Waals surface area contributed by atoms with Gasteiger partial charge in [0.2, 0.25) is 5.89 Å². The number of hydrogen-bond donors (Lipinski definition) is 1. The highest BCUT2D eigenvalue weighted by Crippen LogP contribution is 2.24. The topological polar surface area (TPSA) is 73.0 Å². The lowest BCUT2D eigenvalue weighted by Gasteiger charge is -2.10. The van der Waals surface area contributed by atoms with Gasteiger partial charge in [-0.25, -0.2) is 4.98 Å². The van der Waals surface area contributed by atoms with E-state index in [0.717, 1.165) is 22.4 Å². The summed E-state index contributed by atoms with van der Waals surface area (Å²) in [6, 6.07) is 5.88. The number of anilines is 1. The van der Waals surface area contributed by atoms with Crippen LogP contribution in [0.1, 0.15) is 27.4 Å². The molecule has 6 heteroatoms. The fraction of sp³-hybridized carbons (Fsp3) is 0.235. The molecule has 0 spiro atoms. The van der Waals surface area contributed by atoms with Gasteiger partial charge in [0.15, 0.2) is 5.69 Å². The Hall–Kier alpha value is -2.89. The zero-order chi connectivity index (χ0) is 16.6. The minimum atomic E-state index is -0.279. The highest BCUT2D eigenvalue weighted by molar-refractivity contribution is 6.04. The smallest absolute Gasteiger partial charge is 0.277 e. The zero-order valence-corrected chi connectivity index (χ0v) is 13.5. The van der Waals surface area contributed by atoms with E-state index in [1.807, 2.05) is 39.1 Å². The first-order valence-corrected chi connectivity index (χ1v) is 7.29. The van der Waals surface area contributed by atoms with Gasteiger partial charge in [0, 0.05) is 18.9 Å². The highest BCUT2D eigenvalue weighted by Gasteiger charge is 2.20. The summed E-state index contributed by atoms with van der Waals surface area (Å²) in [7, 11) is 1.81. The van der Waals surface area contributed by atoms with Crippen molar-refractivity contribution in [2.24, 2.45) is 7.05 Å². The van der Waals surface area contributed by atoms with Crippen molar-refractivity contribution in [2.45, 2.75) is 20.8 Å². The van der Waals surface area contributed by atoms with E-state index >= 15 is 0 Å². The van der Waals surface area contributed by atoms with Crippen LogP contribution in [0, 0.1) is 20.8 Å². The molecule has 0 aliphatic rings. The fourth-order valence-corrected chi connectivity index (χ4v) is 2.45. The van der Waals surface area contributed by atoms with Gasteiger partial charge in [-0.3, -0.25) is 9.48 Å². The first kappa shape index (κ1) is 15.0. The van der Waals surface area contributed by atoms with Crippen LogP contribution < -0.4 is 5.32 Å². The molecule has 1 aromatic carbocycles. The van der Waals surface area contributed by atoms with Gasteiger partial charge >= 0.3 is 0 Å². The Morgan fingerprint density at radius 3 is 2.52 bits per heavy atom. The molecule has 0 fully saturated rings. The molecule has 3 rings (SSSR count). The van der Waals surface area contributed by atoms with Crippen LogP contribution in [0.15, 0.2) is 35.0 Å². The van der Waals surface area contributed by atoms with Crippen molar-refractivity contribution in [3.8, 4) is 11.5 Å².